The van der Waals surface area contributed by atoms with Crippen molar-refractivity contribution in [3.05, 3.63) is 12.2 Å². The number of carboxylic acid groups (broad SMARTS) is 1. The summed E-state index contributed by atoms with van der Waals surface area (Å²) >= 11 is 0. The van der Waals surface area contributed by atoms with Gasteiger partial charge in [-0.05, 0) is 96.6 Å². The number of hydrogen-bond acceptors (Lipinski definition) is 11. The number of amides is 2. The van der Waals surface area contributed by atoms with Crippen LogP contribution in [0.1, 0.15) is 133 Å². The van der Waals surface area contributed by atoms with Crippen LogP contribution >= 0.6 is 0 Å². The summed E-state index contributed by atoms with van der Waals surface area (Å²) in [5.41, 5.74) is -1.69. The number of urea groups is 1. The maximum Gasteiger partial charge on any atom is 0.318 e. The number of carboxylic acids is 1. The lowest BCUT2D eigenvalue weighted by Crippen LogP contribution is -2.66. The van der Waals surface area contributed by atoms with Gasteiger partial charge in [0.15, 0.2) is 11.6 Å². The zero-order valence-electron chi connectivity index (χ0n) is 39.6. The van der Waals surface area contributed by atoms with Gasteiger partial charge in [0.1, 0.15) is 11.8 Å². The predicted molar refractivity (Wildman–Crippen MR) is 234 cm³/mol. The van der Waals surface area contributed by atoms with Crippen LogP contribution in [-0.2, 0) is 33.3 Å². The van der Waals surface area contributed by atoms with Gasteiger partial charge in [0, 0.05) is 56.3 Å². The van der Waals surface area contributed by atoms with Gasteiger partial charge in [-0.2, -0.15) is 0 Å². The van der Waals surface area contributed by atoms with Crippen LogP contribution in [0.25, 0.3) is 0 Å². The van der Waals surface area contributed by atoms with Crippen molar-refractivity contribution in [2.75, 3.05) is 33.2 Å². The first-order valence-electron chi connectivity index (χ1n) is 24.2. The molecule has 14 nitrogen and oxygen atoms in total. The van der Waals surface area contributed by atoms with Crippen molar-refractivity contribution < 1.29 is 53.4 Å². The maximum absolute atomic E-state index is 14.7. The van der Waals surface area contributed by atoms with E-state index < -0.39 is 76.8 Å². The number of carbonyl (C=O) groups is 3. The summed E-state index contributed by atoms with van der Waals surface area (Å²) in [6.45, 7) is 22.6. The number of carbonyl (C=O) groups excluding carboxylic acids is 2. The van der Waals surface area contributed by atoms with Gasteiger partial charge in [0.2, 0.25) is 0 Å². The Morgan fingerprint density at radius 3 is 2.16 bits per heavy atom. The first kappa shape index (κ1) is 49.3. The number of nitrogens with one attached hydrogen (secondary N) is 1. The van der Waals surface area contributed by atoms with E-state index in [0.29, 0.717) is 70.9 Å². The van der Waals surface area contributed by atoms with Crippen molar-refractivity contribution in [2.24, 2.45) is 41.4 Å². The van der Waals surface area contributed by atoms with Crippen molar-refractivity contribution >= 4 is 17.8 Å². The van der Waals surface area contributed by atoms with Crippen molar-refractivity contribution in [3.63, 3.8) is 0 Å². The summed E-state index contributed by atoms with van der Waals surface area (Å²) in [5, 5.41) is 36.3. The molecule has 0 aromatic heterocycles. The van der Waals surface area contributed by atoms with Crippen LogP contribution < -0.4 is 5.32 Å². The van der Waals surface area contributed by atoms with E-state index in [-0.39, 0.29) is 47.9 Å². The number of aliphatic hydroxyl groups is 2. The number of aliphatic carboxylic acids is 1. The van der Waals surface area contributed by atoms with Gasteiger partial charge >= 0.3 is 12.0 Å². The van der Waals surface area contributed by atoms with Crippen molar-refractivity contribution in [1.82, 2.24) is 15.1 Å². The third-order valence-corrected chi connectivity index (χ3v) is 16.5. The predicted octanol–water partition coefficient (Wildman–Crippen LogP) is 6.15. The molecule has 5 fully saturated rings. The molecule has 0 bridgehead atoms. The highest BCUT2D eigenvalue weighted by molar-refractivity contribution is 5.84. The molecule has 0 unspecified atom stereocenters. The molecule has 6 aliphatic rings. The second kappa shape index (κ2) is 19.4. The van der Waals surface area contributed by atoms with Gasteiger partial charge in [0.25, 0.3) is 0 Å². The van der Waals surface area contributed by atoms with Gasteiger partial charge in [-0.15, -0.1) is 0 Å². The Morgan fingerprint density at radius 1 is 0.871 bits per heavy atom. The summed E-state index contributed by atoms with van der Waals surface area (Å²) in [6.07, 6.45) is 6.76. The molecule has 18 atom stereocenters. The Morgan fingerprint density at radius 2 is 1.55 bits per heavy atom. The normalized spacial score (nSPS) is 42.9. The van der Waals surface area contributed by atoms with Crippen LogP contribution in [0.3, 0.4) is 0 Å². The molecule has 4 N–H and O–H groups in total. The number of aliphatic hydroxyl groups excluding tert-OH is 1. The number of nitrogens with zero attached hydrogens (tertiary/aromatic N) is 2. The number of ketones is 1. The SMILES string of the molecule is CC[C@@H](C(=O)[C@@H](C)[C@@H](O)[C@H](C)[C@@H]1O[C@@H]([C@@H](CC)C(=O)O)CC[C@@H]1C)[C@H]1O[C@]2(C=C[C@@H](NC(=O)N3CCN(C)CC3)[C@]3(CC[C@@](C)([C@H]4CC[C@](O)(CC)[C@H](C)O4)O3)O2)[C@H](C)C[C@@H]1C. The number of hydrogen-bond donors (Lipinski definition) is 4. The van der Waals surface area contributed by atoms with Crippen LogP contribution in [0, 0.1) is 41.4 Å². The van der Waals surface area contributed by atoms with E-state index in [1.54, 1.807) is 6.92 Å². The van der Waals surface area contributed by atoms with Crippen LogP contribution in [-0.4, -0.2) is 142 Å². The minimum Gasteiger partial charge on any atom is -0.481 e. The number of Topliss-reactive ketones (excluding diaryl/α,β-unsaturated/α-hetero) is 1. The Kier molecular flexibility index (Phi) is 15.4. The van der Waals surface area contributed by atoms with Crippen molar-refractivity contribution in [2.45, 2.75) is 199 Å². The number of likely N-dealkylation sites (N-methyl/N-ethyl adjacent to an activating group) is 1. The van der Waals surface area contributed by atoms with Gasteiger partial charge in [0.05, 0.1) is 53.7 Å². The average Bonchev–Trinajstić information content (AvgIpc) is 3.58. The van der Waals surface area contributed by atoms with E-state index in [1.807, 2.05) is 58.6 Å². The largest absolute Gasteiger partial charge is 0.481 e. The highest BCUT2D eigenvalue weighted by Gasteiger charge is 2.63. The Labute approximate surface area is 371 Å². The second-order valence-corrected chi connectivity index (χ2v) is 20.7. The third kappa shape index (κ3) is 9.55. The molecule has 6 aliphatic heterocycles. The lowest BCUT2D eigenvalue weighted by Gasteiger charge is -2.55. The summed E-state index contributed by atoms with van der Waals surface area (Å²) < 4.78 is 34.7. The molecule has 14 heteroatoms. The molecular weight excluding hydrogens is 795 g/mol. The summed E-state index contributed by atoms with van der Waals surface area (Å²) in [7, 11) is 2.05. The maximum atomic E-state index is 14.7. The average molecular weight is 876 g/mol. The third-order valence-electron chi connectivity index (χ3n) is 16.5. The van der Waals surface area contributed by atoms with Crippen molar-refractivity contribution in [3.8, 4) is 0 Å². The second-order valence-electron chi connectivity index (χ2n) is 20.7. The highest BCUT2D eigenvalue weighted by Crippen LogP contribution is 2.54. The fraction of sp³-hybridized carbons (Fsp3) is 0.896. The molecule has 2 spiro atoms. The van der Waals surface area contributed by atoms with Crippen LogP contribution in [0.5, 0.6) is 0 Å². The van der Waals surface area contributed by atoms with E-state index in [4.69, 9.17) is 23.7 Å². The molecule has 6 rings (SSSR count). The number of rotatable bonds is 13. The van der Waals surface area contributed by atoms with Crippen LogP contribution in [0.2, 0.25) is 0 Å². The molecule has 2 amide bonds. The molecule has 5 saturated heterocycles. The van der Waals surface area contributed by atoms with E-state index >= 15 is 0 Å². The molecule has 0 aromatic rings. The number of ether oxygens (including phenoxy) is 5. The first-order chi connectivity index (χ1) is 29.2. The van der Waals surface area contributed by atoms with E-state index in [0.717, 1.165) is 19.5 Å². The highest BCUT2D eigenvalue weighted by atomic mass is 16.8. The fourth-order valence-corrected chi connectivity index (χ4v) is 11.9. The summed E-state index contributed by atoms with van der Waals surface area (Å²) in [4.78, 5) is 44.7. The lowest BCUT2D eigenvalue weighted by molar-refractivity contribution is -0.398. The molecule has 0 radical (unpaired) electrons. The van der Waals surface area contributed by atoms with Gasteiger partial charge < -0.3 is 54.1 Å². The Hall–Kier alpha value is -2.17. The first-order valence-corrected chi connectivity index (χ1v) is 24.2. The van der Waals surface area contributed by atoms with E-state index in [1.165, 1.54) is 0 Å². The van der Waals surface area contributed by atoms with Gasteiger partial charge in [-0.1, -0.05) is 61.5 Å². The topological polar surface area (TPSA) is 177 Å². The zero-order chi connectivity index (χ0) is 45.5. The molecule has 0 saturated carbocycles. The molecule has 354 valence electrons. The molecule has 0 aromatic carbocycles. The lowest BCUT2D eigenvalue weighted by atomic mass is 9.72. The smallest absolute Gasteiger partial charge is 0.318 e. The Bertz CT molecular complexity index is 1610. The van der Waals surface area contributed by atoms with Crippen LogP contribution in [0.15, 0.2) is 12.2 Å². The van der Waals surface area contributed by atoms with Gasteiger partial charge in [-0.3, -0.25) is 9.59 Å². The standard InChI is InChI=1S/C48H81N3O11/c1-12-34(43(54)55)36-16-15-28(4)41(59-36)32(8)39(52)31(7)40(53)35(13-2)42-29(5)27-30(6)47(60-42)20-17-37(49-44(56)51-25-23-50(11)24-26-51)48(62-47)22-21-45(10,61-48)38-18-19-46(57,14-3)33(9)58-38/h17,20,28-39,41-42,52,57H,12-16,18-19,21-27H2,1-11H3,(H,49,56)(H,54,55)/t28-,29-,30+,31-,32-,33-,34+,35-,36+,37+,38+,39+,41+,42-,45-,46+,47-,48-/m0/s1. The van der Waals surface area contributed by atoms with Crippen LogP contribution in [0.4, 0.5) is 4.79 Å². The minimum atomic E-state index is -1.31. The minimum absolute atomic E-state index is 0.0115. The molecule has 0 aliphatic carbocycles. The zero-order valence-corrected chi connectivity index (χ0v) is 39.6. The number of piperazine rings is 1. The van der Waals surface area contributed by atoms with Crippen molar-refractivity contribution in [1.29, 1.82) is 0 Å². The summed E-state index contributed by atoms with van der Waals surface area (Å²) in [5.74, 6) is -5.90. The molecular formula is C48H81N3O11. The monoisotopic (exact) mass is 876 g/mol. The van der Waals surface area contributed by atoms with E-state index in [9.17, 15) is 29.7 Å². The quantitative estimate of drug-likeness (QED) is 0.156. The van der Waals surface area contributed by atoms with Gasteiger partial charge in [-0.25, -0.2) is 4.79 Å². The fourth-order valence-electron chi connectivity index (χ4n) is 11.9. The van der Waals surface area contributed by atoms with E-state index in [2.05, 4.69) is 38.0 Å². The molecule has 62 heavy (non-hydrogen) atoms. The summed E-state index contributed by atoms with van der Waals surface area (Å²) in [6, 6.07) is -0.825. The molecule has 6 heterocycles. The Balaban J connectivity index is 1.24.